The smallest absolute Gasteiger partial charge is 0.272 e. The van der Waals surface area contributed by atoms with Crippen LogP contribution in [0.25, 0.3) is 0 Å². The van der Waals surface area contributed by atoms with Gasteiger partial charge in [0.2, 0.25) is 0 Å². The third kappa shape index (κ3) is 3.40. The van der Waals surface area contributed by atoms with Crippen molar-refractivity contribution in [2.24, 2.45) is 5.92 Å². The predicted octanol–water partition coefficient (Wildman–Crippen LogP) is 1.85. The van der Waals surface area contributed by atoms with Gasteiger partial charge in [-0.05, 0) is 43.7 Å². The van der Waals surface area contributed by atoms with Crippen LogP contribution in [0.4, 0.5) is 0 Å². The molecule has 0 spiro atoms. The van der Waals surface area contributed by atoms with Gasteiger partial charge in [-0.3, -0.25) is 14.6 Å². The summed E-state index contributed by atoms with van der Waals surface area (Å²) in [6.45, 7) is 3.77. The molecule has 3 rings (SSSR count). The molecule has 112 valence electrons. The van der Waals surface area contributed by atoms with Crippen molar-refractivity contribution in [3.63, 3.8) is 0 Å². The molecule has 0 bridgehead atoms. The lowest BCUT2D eigenvalue weighted by Gasteiger charge is -2.30. The van der Waals surface area contributed by atoms with Crippen LogP contribution in [0.15, 0.2) is 18.3 Å². The van der Waals surface area contributed by atoms with Gasteiger partial charge in [-0.2, -0.15) is 0 Å². The van der Waals surface area contributed by atoms with Crippen LogP contribution in [-0.2, 0) is 0 Å². The van der Waals surface area contributed by atoms with E-state index in [0.717, 1.165) is 38.8 Å². The van der Waals surface area contributed by atoms with Crippen LogP contribution in [0.1, 0.15) is 53.5 Å². The van der Waals surface area contributed by atoms with Crippen molar-refractivity contribution in [1.82, 2.24) is 15.2 Å². The lowest BCUT2D eigenvalue weighted by molar-refractivity contribution is 0.0691. The standard InChI is InChI=1S/C16H21N3O2/c1-11-5-8-19(9-6-11)16(21)14-10-12(4-7-17-14)15(20)18-13-2-3-13/h4,7,10-11,13H,2-3,5-6,8-9H2,1H3,(H,18,20). The summed E-state index contributed by atoms with van der Waals surface area (Å²) >= 11 is 0. The summed E-state index contributed by atoms with van der Waals surface area (Å²) in [7, 11) is 0. The number of pyridine rings is 1. The molecular formula is C16H21N3O2. The molecule has 0 unspecified atom stereocenters. The maximum atomic E-state index is 12.4. The zero-order valence-corrected chi connectivity index (χ0v) is 12.3. The second kappa shape index (κ2) is 5.84. The number of aromatic nitrogens is 1. The van der Waals surface area contributed by atoms with E-state index in [2.05, 4.69) is 17.2 Å². The molecule has 0 atom stereocenters. The van der Waals surface area contributed by atoms with Crippen molar-refractivity contribution in [2.75, 3.05) is 13.1 Å². The Morgan fingerprint density at radius 1 is 1.24 bits per heavy atom. The molecule has 1 aliphatic carbocycles. The van der Waals surface area contributed by atoms with Crippen molar-refractivity contribution >= 4 is 11.8 Å². The van der Waals surface area contributed by atoms with E-state index in [4.69, 9.17) is 0 Å². The third-order valence-corrected chi connectivity index (χ3v) is 4.22. The minimum Gasteiger partial charge on any atom is -0.349 e. The van der Waals surface area contributed by atoms with Crippen LogP contribution < -0.4 is 5.32 Å². The normalized spacial score (nSPS) is 19.4. The third-order valence-electron chi connectivity index (χ3n) is 4.22. The minimum absolute atomic E-state index is 0.0667. The molecule has 1 saturated carbocycles. The van der Waals surface area contributed by atoms with Crippen molar-refractivity contribution in [1.29, 1.82) is 0 Å². The van der Waals surface area contributed by atoms with Gasteiger partial charge >= 0.3 is 0 Å². The van der Waals surface area contributed by atoms with Gasteiger partial charge in [0.25, 0.3) is 11.8 Å². The molecule has 1 N–H and O–H groups in total. The molecule has 5 heteroatoms. The number of rotatable bonds is 3. The summed E-state index contributed by atoms with van der Waals surface area (Å²) in [5.74, 6) is 0.502. The second-order valence-electron chi connectivity index (χ2n) is 6.15. The lowest BCUT2D eigenvalue weighted by Crippen LogP contribution is -2.38. The molecular weight excluding hydrogens is 266 g/mol. The van der Waals surface area contributed by atoms with Crippen molar-refractivity contribution in [3.05, 3.63) is 29.6 Å². The SMILES string of the molecule is CC1CCN(C(=O)c2cc(C(=O)NC3CC3)ccn2)CC1. The quantitative estimate of drug-likeness (QED) is 0.922. The summed E-state index contributed by atoms with van der Waals surface area (Å²) in [5.41, 5.74) is 0.888. The van der Waals surface area contributed by atoms with Crippen molar-refractivity contribution in [3.8, 4) is 0 Å². The van der Waals surface area contributed by atoms with Crippen LogP contribution in [0.5, 0.6) is 0 Å². The number of carbonyl (C=O) groups excluding carboxylic acids is 2. The Morgan fingerprint density at radius 3 is 2.62 bits per heavy atom. The first-order valence-electron chi connectivity index (χ1n) is 7.69. The van der Waals surface area contributed by atoms with Crippen LogP contribution in [-0.4, -0.2) is 40.8 Å². The molecule has 1 aromatic heterocycles. The summed E-state index contributed by atoms with van der Waals surface area (Å²) in [6.07, 6.45) is 5.71. The Bertz CT molecular complexity index is 546. The number of hydrogen-bond acceptors (Lipinski definition) is 3. The summed E-state index contributed by atoms with van der Waals surface area (Å²) in [4.78, 5) is 30.5. The Hall–Kier alpha value is -1.91. The highest BCUT2D eigenvalue weighted by molar-refractivity contribution is 5.98. The molecule has 2 amide bonds. The van der Waals surface area contributed by atoms with Gasteiger partial charge in [-0.15, -0.1) is 0 Å². The topological polar surface area (TPSA) is 62.3 Å². The maximum Gasteiger partial charge on any atom is 0.272 e. The predicted molar refractivity (Wildman–Crippen MR) is 79.0 cm³/mol. The monoisotopic (exact) mass is 287 g/mol. The molecule has 2 fully saturated rings. The van der Waals surface area contributed by atoms with E-state index in [1.165, 1.54) is 0 Å². The largest absolute Gasteiger partial charge is 0.349 e. The average Bonchev–Trinajstić information content (AvgIpc) is 3.31. The number of nitrogens with zero attached hydrogens (tertiary/aromatic N) is 2. The molecule has 1 saturated heterocycles. The van der Waals surface area contributed by atoms with E-state index < -0.39 is 0 Å². The minimum atomic E-state index is -0.110. The Morgan fingerprint density at radius 2 is 1.95 bits per heavy atom. The zero-order chi connectivity index (χ0) is 14.8. The first kappa shape index (κ1) is 14.0. The zero-order valence-electron chi connectivity index (χ0n) is 12.3. The van der Waals surface area contributed by atoms with E-state index in [1.807, 2.05) is 4.90 Å². The van der Waals surface area contributed by atoms with Gasteiger partial charge in [-0.1, -0.05) is 6.92 Å². The maximum absolute atomic E-state index is 12.4. The first-order chi connectivity index (χ1) is 10.1. The van der Waals surface area contributed by atoms with Gasteiger partial charge in [0, 0.05) is 30.9 Å². The summed E-state index contributed by atoms with van der Waals surface area (Å²) in [5, 5.41) is 2.93. The van der Waals surface area contributed by atoms with Gasteiger partial charge in [0.15, 0.2) is 0 Å². The molecule has 5 nitrogen and oxygen atoms in total. The fourth-order valence-electron chi connectivity index (χ4n) is 2.56. The molecule has 0 radical (unpaired) electrons. The average molecular weight is 287 g/mol. The molecule has 21 heavy (non-hydrogen) atoms. The number of piperidine rings is 1. The van der Waals surface area contributed by atoms with E-state index >= 15 is 0 Å². The van der Waals surface area contributed by atoms with Crippen LogP contribution >= 0.6 is 0 Å². The number of likely N-dealkylation sites (tertiary alicyclic amines) is 1. The fourth-order valence-corrected chi connectivity index (χ4v) is 2.56. The molecule has 2 heterocycles. The fraction of sp³-hybridized carbons (Fsp3) is 0.562. The number of hydrogen-bond donors (Lipinski definition) is 1. The van der Waals surface area contributed by atoms with Gasteiger partial charge in [0.1, 0.15) is 5.69 Å². The highest BCUT2D eigenvalue weighted by Gasteiger charge is 2.25. The molecule has 0 aromatic carbocycles. The van der Waals surface area contributed by atoms with Gasteiger partial charge < -0.3 is 10.2 Å². The van der Waals surface area contributed by atoms with E-state index in [-0.39, 0.29) is 11.8 Å². The van der Waals surface area contributed by atoms with E-state index in [0.29, 0.717) is 23.2 Å². The number of nitrogens with one attached hydrogen (secondary N) is 1. The Kier molecular flexibility index (Phi) is 3.90. The first-order valence-corrected chi connectivity index (χ1v) is 7.69. The highest BCUT2D eigenvalue weighted by Crippen LogP contribution is 2.20. The lowest BCUT2D eigenvalue weighted by atomic mass is 9.99. The van der Waals surface area contributed by atoms with Crippen LogP contribution in [0, 0.1) is 5.92 Å². The van der Waals surface area contributed by atoms with E-state index in [1.54, 1.807) is 18.3 Å². The van der Waals surface area contributed by atoms with Gasteiger partial charge in [-0.25, -0.2) is 0 Å². The summed E-state index contributed by atoms with van der Waals surface area (Å²) in [6, 6.07) is 3.58. The van der Waals surface area contributed by atoms with Crippen LogP contribution in [0.2, 0.25) is 0 Å². The summed E-state index contributed by atoms with van der Waals surface area (Å²) < 4.78 is 0. The van der Waals surface area contributed by atoms with Crippen LogP contribution in [0.3, 0.4) is 0 Å². The van der Waals surface area contributed by atoms with E-state index in [9.17, 15) is 9.59 Å². The molecule has 1 aromatic rings. The Labute approximate surface area is 124 Å². The second-order valence-corrected chi connectivity index (χ2v) is 6.15. The molecule has 2 aliphatic rings. The van der Waals surface area contributed by atoms with Crippen molar-refractivity contribution < 1.29 is 9.59 Å². The van der Waals surface area contributed by atoms with Crippen molar-refractivity contribution in [2.45, 2.75) is 38.6 Å². The van der Waals surface area contributed by atoms with Gasteiger partial charge in [0.05, 0.1) is 0 Å². The Balaban J connectivity index is 1.69. The highest BCUT2D eigenvalue weighted by atomic mass is 16.2. The molecule has 1 aliphatic heterocycles. The number of carbonyl (C=O) groups is 2. The number of amides is 2.